The van der Waals surface area contributed by atoms with Crippen LogP contribution in [0.5, 0.6) is 0 Å². The smallest absolute Gasteiger partial charge is 0.252 e. The molecule has 0 fully saturated rings. The van der Waals surface area contributed by atoms with E-state index >= 15 is 0 Å². The Morgan fingerprint density at radius 2 is 1.16 bits per heavy atom. The molecule has 4 heteroatoms. The highest BCUT2D eigenvalue weighted by molar-refractivity contribution is 5.97. The van der Waals surface area contributed by atoms with Crippen LogP contribution in [0.4, 0.5) is 0 Å². The number of fused-ring (bicyclic) bond motifs is 1. The minimum atomic E-state index is -0.00905. The SMILES string of the molecule is CC1(C)CC(C)(C)C2=C1C(=O)NCC2(C)C.Cc1[nH]c(=O)c2c(c1C)C(C)(C)CC2(C)C. The minimum Gasteiger partial charge on any atom is -0.351 e. The second-order valence-corrected chi connectivity index (χ2v) is 13.7. The standard InChI is InChI=1S/C14H23NO.C14H21NO/c1-12(2)7-13(3,4)10-9(12)11(16)15-8-14(10,5)6;1-8-9(2)15-12(16)11-10(8)13(3,4)7-14(11,5)6/h7-8H2,1-6H3,(H,15,16);7H2,1-6H3,(H,15,16). The summed E-state index contributed by atoms with van der Waals surface area (Å²) in [5.74, 6) is 0.157. The molecule has 0 saturated heterocycles. The molecule has 0 unspecified atom stereocenters. The number of aromatic amines is 1. The van der Waals surface area contributed by atoms with Crippen LogP contribution in [-0.2, 0) is 15.6 Å². The van der Waals surface area contributed by atoms with Crippen LogP contribution < -0.4 is 10.9 Å². The Bertz CT molecular complexity index is 1060. The number of hydrogen-bond acceptors (Lipinski definition) is 2. The van der Waals surface area contributed by atoms with Crippen LogP contribution in [-0.4, -0.2) is 17.4 Å². The lowest BCUT2D eigenvalue weighted by Gasteiger charge is -2.39. The quantitative estimate of drug-likeness (QED) is 0.532. The van der Waals surface area contributed by atoms with Gasteiger partial charge in [0.05, 0.1) is 0 Å². The lowest BCUT2D eigenvalue weighted by atomic mass is 9.69. The zero-order valence-corrected chi connectivity index (χ0v) is 22.4. The van der Waals surface area contributed by atoms with Crippen molar-refractivity contribution >= 4 is 5.91 Å². The third-order valence-electron chi connectivity index (χ3n) is 8.04. The first kappa shape index (κ1) is 24.8. The molecule has 2 N–H and O–H groups in total. The van der Waals surface area contributed by atoms with Crippen LogP contribution in [0.1, 0.15) is 104 Å². The van der Waals surface area contributed by atoms with E-state index < -0.39 is 0 Å². The Morgan fingerprint density at radius 3 is 1.69 bits per heavy atom. The fourth-order valence-electron chi connectivity index (χ4n) is 7.70. The molecule has 0 radical (unpaired) electrons. The molecule has 0 spiro atoms. The first-order chi connectivity index (χ1) is 14.2. The molecule has 1 amide bonds. The summed E-state index contributed by atoms with van der Waals surface area (Å²) < 4.78 is 0. The fourth-order valence-corrected chi connectivity index (χ4v) is 7.70. The maximum Gasteiger partial charge on any atom is 0.252 e. The van der Waals surface area contributed by atoms with Crippen molar-refractivity contribution in [3.8, 4) is 0 Å². The summed E-state index contributed by atoms with van der Waals surface area (Å²) in [5.41, 5.74) is 7.45. The predicted octanol–water partition coefficient (Wildman–Crippen LogP) is 5.85. The highest BCUT2D eigenvalue weighted by Gasteiger charge is 2.53. The van der Waals surface area contributed by atoms with E-state index in [2.05, 4.69) is 86.5 Å². The minimum absolute atomic E-state index is 0.00905. The van der Waals surface area contributed by atoms with Crippen molar-refractivity contribution in [3.63, 3.8) is 0 Å². The molecule has 1 aromatic rings. The number of hydrogen-bond donors (Lipinski definition) is 2. The van der Waals surface area contributed by atoms with Gasteiger partial charge in [0.15, 0.2) is 0 Å². The molecule has 1 aromatic heterocycles. The van der Waals surface area contributed by atoms with Gasteiger partial charge in [-0.25, -0.2) is 0 Å². The number of nitrogens with one attached hydrogen (secondary N) is 2. The van der Waals surface area contributed by atoms with Gasteiger partial charge in [0.25, 0.3) is 5.56 Å². The van der Waals surface area contributed by atoms with Gasteiger partial charge >= 0.3 is 0 Å². The Hall–Kier alpha value is -1.84. The highest BCUT2D eigenvalue weighted by Crippen LogP contribution is 2.59. The van der Waals surface area contributed by atoms with Crippen molar-refractivity contribution in [1.82, 2.24) is 10.3 Å². The largest absolute Gasteiger partial charge is 0.351 e. The second-order valence-electron chi connectivity index (χ2n) is 13.7. The Labute approximate surface area is 194 Å². The molecular formula is C28H44N2O2. The van der Waals surface area contributed by atoms with E-state index in [0.717, 1.165) is 36.2 Å². The maximum absolute atomic E-state index is 12.1. The first-order valence-electron chi connectivity index (χ1n) is 12.0. The molecule has 2 aliphatic carbocycles. The maximum atomic E-state index is 12.1. The molecule has 4 nitrogen and oxygen atoms in total. The van der Waals surface area contributed by atoms with Crippen LogP contribution in [0.3, 0.4) is 0 Å². The topological polar surface area (TPSA) is 62.0 Å². The lowest BCUT2D eigenvalue weighted by Crippen LogP contribution is -2.44. The summed E-state index contributed by atoms with van der Waals surface area (Å²) in [7, 11) is 0. The third kappa shape index (κ3) is 3.78. The summed E-state index contributed by atoms with van der Waals surface area (Å²) in [4.78, 5) is 27.2. The molecule has 0 atom stereocenters. The monoisotopic (exact) mass is 440 g/mol. The third-order valence-corrected chi connectivity index (χ3v) is 8.04. The van der Waals surface area contributed by atoms with Crippen molar-refractivity contribution in [2.75, 3.05) is 6.54 Å². The number of aryl methyl sites for hydroxylation is 1. The normalized spacial score (nSPS) is 25.4. The molecule has 0 aromatic carbocycles. The number of amides is 1. The molecule has 0 bridgehead atoms. The van der Waals surface area contributed by atoms with E-state index in [4.69, 9.17) is 0 Å². The van der Waals surface area contributed by atoms with Crippen molar-refractivity contribution in [3.05, 3.63) is 43.9 Å². The van der Waals surface area contributed by atoms with Gasteiger partial charge in [0, 0.05) is 28.8 Å². The van der Waals surface area contributed by atoms with Gasteiger partial charge in [-0.1, -0.05) is 69.2 Å². The lowest BCUT2D eigenvalue weighted by molar-refractivity contribution is -0.119. The van der Waals surface area contributed by atoms with Crippen molar-refractivity contribution < 1.29 is 4.79 Å². The first-order valence-corrected chi connectivity index (χ1v) is 12.0. The van der Waals surface area contributed by atoms with Crippen LogP contribution in [0.25, 0.3) is 0 Å². The fraction of sp³-hybridized carbons (Fsp3) is 0.714. The molecule has 0 saturated carbocycles. The van der Waals surface area contributed by atoms with Gasteiger partial charge in [-0.15, -0.1) is 0 Å². The average Bonchev–Trinajstić information content (AvgIpc) is 2.91. The number of aromatic nitrogens is 1. The molecule has 32 heavy (non-hydrogen) atoms. The summed E-state index contributed by atoms with van der Waals surface area (Å²) in [6.45, 7) is 27.1. The molecule has 1 aliphatic heterocycles. The van der Waals surface area contributed by atoms with Gasteiger partial charge < -0.3 is 10.3 Å². The van der Waals surface area contributed by atoms with E-state index in [9.17, 15) is 9.59 Å². The number of pyridine rings is 1. The van der Waals surface area contributed by atoms with E-state index in [1.165, 1.54) is 16.7 Å². The highest BCUT2D eigenvalue weighted by atomic mass is 16.2. The summed E-state index contributed by atoms with van der Waals surface area (Å²) in [5, 5.41) is 3.04. The van der Waals surface area contributed by atoms with Gasteiger partial charge in [0.1, 0.15) is 0 Å². The summed E-state index contributed by atoms with van der Waals surface area (Å²) in [6, 6.07) is 0. The summed E-state index contributed by atoms with van der Waals surface area (Å²) in [6.07, 6.45) is 2.12. The zero-order valence-electron chi connectivity index (χ0n) is 22.4. The number of rotatable bonds is 0. The Kier molecular flexibility index (Phi) is 5.48. The van der Waals surface area contributed by atoms with Crippen LogP contribution in [0.2, 0.25) is 0 Å². The van der Waals surface area contributed by atoms with Crippen LogP contribution in [0, 0.1) is 30.1 Å². The van der Waals surface area contributed by atoms with Gasteiger partial charge in [-0.2, -0.15) is 0 Å². The predicted molar refractivity (Wildman–Crippen MR) is 133 cm³/mol. The van der Waals surface area contributed by atoms with Gasteiger partial charge in [-0.3, -0.25) is 9.59 Å². The zero-order chi connectivity index (χ0) is 24.7. The Balaban J connectivity index is 0.000000181. The average molecular weight is 441 g/mol. The molecule has 4 rings (SSSR count). The molecule has 178 valence electrons. The number of H-pyrrole nitrogens is 1. The van der Waals surface area contributed by atoms with E-state index in [1.807, 2.05) is 6.92 Å². The van der Waals surface area contributed by atoms with Crippen molar-refractivity contribution in [1.29, 1.82) is 0 Å². The molecule has 2 heterocycles. The van der Waals surface area contributed by atoms with Gasteiger partial charge in [-0.05, 0) is 65.0 Å². The summed E-state index contributed by atoms with van der Waals surface area (Å²) >= 11 is 0. The van der Waals surface area contributed by atoms with E-state index in [1.54, 1.807) is 0 Å². The van der Waals surface area contributed by atoms with Crippen molar-refractivity contribution in [2.45, 2.75) is 107 Å². The number of carbonyl (C=O) groups is 1. The number of carbonyl (C=O) groups excluding carboxylic acids is 1. The van der Waals surface area contributed by atoms with E-state index in [0.29, 0.717) is 0 Å². The molecular weight excluding hydrogens is 396 g/mol. The molecule has 3 aliphatic rings. The van der Waals surface area contributed by atoms with Gasteiger partial charge in [0.2, 0.25) is 5.91 Å². The van der Waals surface area contributed by atoms with Crippen LogP contribution in [0.15, 0.2) is 15.9 Å². The van der Waals surface area contributed by atoms with Crippen LogP contribution >= 0.6 is 0 Å². The van der Waals surface area contributed by atoms with Crippen molar-refractivity contribution in [2.24, 2.45) is 16.2 Å². The Morgan fingerprint density at radius 1 is 0.656 bits per heavy atom. The van der Waals surface area contributed by atoms with E-state index in [-0.39, 0.29) is 38.5 Å². The second kappa shape index (κ2) is 7.08.